The standard InChI is InChI=1S/C24H17N3O3/c1-30-24(29)20-15-26(21-13-7-9-16-8-5-6-12-18(16)21)14-19-22(20)25-27(23(19)28)17-10-3-2-4-11-17/h2-15H,1H3. The third-order valence-electron chi connectivity index (χ3n) is 5.12. The number of methoxy groups -OCH3 is 1. The Morgan fingerprint density at radius 1 is 0.900 bits per heavy atom. The molecule has 0 saturated heterocycles. The predicted octanol–water partition coefficient (Wildman–Crippen LogP) is 4.07. The molecule has 2 aliphatic heterocycles. The molecule has 0 unspecified atom stereocenters. The number of carbonyl (C=O) groups excluding carboxylic acids is 1. The number of rotatable bonds is 3. The lowest BCUT2D eigenvalue weighted by molar-refractivity contribution is 0.0600. The average Bonchev–Trinajstić information content (AvgIpc) is 3.14. The second kappa shape index (κ2) is 7.00. The highest BCUT2D eigenvalue weighted by Gasteiger charge is 2.25. The van der Waals surface area contributed by atoms with E-state index >= 15 is 0 Å². The molecule has 3 aromatic rings. The van der Waals surface area contributed by atoms with Crippen LogP contribution in [0.2, 0.25) is 0 Å². The molecule has 3 aromatic carbocycles. The fourth-order valence-corrected chi connectivity index (χ4v) is 3.68. The Labute approximate surface area is 171 Å². The van der Waals surface area contributed by atoms with Crippen molar-refractivity contribution in [1.82, 2.24) is 14.3 Å². The van der Waals surface area contributed by atoms with E-state index in [1.165, 1.54) is 11.8 Å². The highest BCUT2D eigenvalue weighted by atomic mass is 16.5. The zero-order valence-corrected chi connectivity index (χ0v) is 16.1. The first-order valence-corrected chi connectivity index (χ1v) is 9.44. The molecule has 0 amide bonds. The maximum atomic E-state index is 13.2. The fourth-order valence-electron chi connectivity index (χ4n) is 3.68. The number of para-hydroxylation sites is 1. The molecule has 0 spiro atoms. The molecule has 0 saturated carbocycles. The van der Waals surface area contributed by atoms with Gasteiger partial charge in [-0.3, -0.25) is 4.79 Å². The van der Waals surface area contributed by atoms with Gasteiger partial charge in [0.25, 0.3) is 5.56 Å². The lowest BCUT2D eigenvalue weighted by Gasteiger charge is -2.14. The zero-order valence-electron chi connectivity index (χ0n) is 16.1. The number of fused-ring (bicyclic) bond motifs is 2. The van der Waals surface area contributed by atoms with E-state index in [1.807, 2.05) is 60.7 Å². The van der Waals surface area contributed by atoms with Crippen molar-refractivity contribution in [3.8, 4) is 22.6 Å². The average molecular weight is 395 g/mol. The van der Waals surface area contributed by atoms with Crippen LogP contribution in [0.4, 0.5) is 0 Å². The first kappa shape index (κ1) is 17.9. The Morgan fingerprint density at radius 2 is 1.63 bits per heavy atom. The van der Waals surface area contributed by atoms with E-state index < -0.39 is 5.97 Å². The molecule has 0 radical (unpaired) electrons. The fraction of sp³-hybridized carbons (Fsp3) is 0.0417. The normalized spacial score (nSPS) is 11.1. The molecule has 0 aliphatic carbocycles. The third-order valence-corrected chi connectivity index (χ3v) is 5.12. The Hall–Kier alpha value is -4.19. The maximum absolute atomic E-state index is 13.2. The van der Waals surface area contributed by atoms with Gasteiger partial charge in [0, 0.05) is 17.8 Å². The summed E-state index contributed by atoms with van der Waals surface area (Å²) in [6.45, 7) is 0. The molecule has 146 valence electrons. The van der Waals surface area contributed by atoms with Gasteiger partial charge in [-0.1, -0.05) is 54.6 Å². The summed E-state index contributed by atoms with van der Waals surface area (Å²) in [7, 11) is 1.32. The second-order valence-electron chi connectivity index (χ2n) is 6.88. The van der Waals surface area contributed by atoms with Crippen molar-refractivity contribution in [3.63, 3.8) is 0 Å². The minimum atomic E-state index is -0.549. The lowest BCUT2D eigenvalue weighted by Crippen LogP contribution is -2.15. The Balaban J connectivity index is 1.83. The minimum Gasteiger partial charge on any atom is -0.465 e. The predicted molar refractivity (Wildman–Crippen MR) is 115 cm³/mol. The van der Waals surface area contributed by atoms with Crippen LogP contribution in [0.3, 0.4) is 0 Å². The van der Waals surface area contributed by atoms with E-state index in [1.54, 1.807) is 29.1 Å². The number of pyridine rings is 1. The van der Waals surface area contributed by atoms with E-state index in [9.17, 15) is 9.59 Å². The van der Waals surface area contributed by atoms with Gasteiger partial charge < -0.3 is 9.30 Å². The summed E-state index contributed by atoms with van der Waals surface area (Å²) < 4.78 is 8.07. The van der Waals surface area contributed by atoms with Gasteiger partial charge in [0.1, 0.15) is 11.3 Å². The Kier molecular flexibility index (Phi) is 4.17. The molecule has 6 heteroatoms. The van der Waals surface area contributed by atoms with E-state index in [0.29, 0.717) is 16.9 Å². The Bertz CT molecular complexity index is 1410. The Morgan fingerprint density at radius 3 is 2.43 bits per heavy atom. The highest BCUT2D eigenvalue weighted by Crippen LogP contribution is 2.28. The van der Waals surface area contributed by atoms with Gasteiger partial charge in [-0.15, -0.1) is 0 Å². The molecule has 6 nitrogen and oxygen atoms in total. The number of benzene rings is 3. The first-order chi connectivity index (χ1) is 14.7. The number of nitrogens with zero attached hydrogens (tertiary/aromatic N) is 3. The van der Waals surface area contributed by atoms with Crippen LogP contribution in [0, 0.1) is 0 Å². The van der Waals surface area contributed by atoms with E-state index in [0.717, 1.165) is 16.5 Å². The van der Waals surface area contributed by atoms with Gasteiger partial charge in [0.05, 0.1) is 24.0 Å². The highest BCUT2D eigenvalue weighted by molar-refractivity contribution is 5.97. The number of hydrogen-bond donors (Lipinski definition) is 0. The molecule has 30 heavy (non-hydrogen) atoms. The molecule has 0 bridgehead atoms. The van der Waals surface area contributed by atoms with Crippen LogP contribution in [0.1, 0.15) is 10.4 Å². The lowest BCUT2D eigenvalue weighted by atomic mass is 10.1. The van der Waals surface area contributed by atoms with Crippen LogP contribution in [0.15, 0.2) is 90.0 Å². The van der Waals surface area contributed by atoms with Crippen LogP contribution >= 0.6 is 0 Å². The summed E-state index contributed by atoms with van der Waals surface area (Å²) in [6.07, 6.45) is 3.38. The molecule has 2 heterocycles. The number of aromatic nitrogens is 3. The maximum Gasteiger partial charge on any atom is 0.341 e. The van der Waals surface area contributed by atoms with Crippen molar-refractivity contribution in [3.05, 3.63) is 101 Å². The van der Waals surface area contributed by atoms with Gasteiger partial charge in [-0.25, -0.2) is 4.79 Å². The SMILES string of the molecule is COC(=O)c1cn(-c2cccc3ccccc23)cc2c(=O)n(-c3ccccc3)nc1-2. The number of carbonyl (C=O) groups is 1. The van der Waals surface area contributed by atoms with E-state index in [2.05, 4.69) is 5.10 Å². The van der Waals surface area contributed by atoms with Gasteiger partial charge >= 0.3 is 5.97 Å². The van der Waals surface area contributed by atoms with Crippen LogP contribution in [0.25, 0.3) is 33.4 Å². The molecular weight excluding hydrogens is 378 g/mol. The summed E-state index contributed by atoms with van der Waals surface area (Å²) in [5.41, 5.74) is 2.07. The van der Waals surface area contributed by atoms with Gasteiger partial charge in [-0.2, -0.15) is 9.78 Å². The summed E-state index contributed by atoms with van der Waals surface area (Å²) >= 11 is 0. The molecule has 0 atom stereocenters. The zero-order chi connectivity index (χ0) is 20.7. The number of hydrogen-bond acceptors (Lipinski definition) is 4. The number of ether oxygens (including phenoxy) is 1. The summed E-state index contributed by atoms with van der Waals surface area (Å²) in [6, 6.07) is 23.0. The minimum absolute atomic E-state index is 0.231. The van der Waals surface area contributed by atoms with Gasteiger partial charge in [-0.05, 0) is 23.6 Å². The van der Waals surface area contributed by atoms with Crippen LogP contribution < -0.4 is 5.56 Å². The summed E-state index contributed by atoms with van der Waals surface area (Å²) in [5, 5.41) is 6.50. The number of esters is 1. The second-order valence-corrected chi connectivity index (χ2v) is 6.88. The molecule has 0 fully saturated rings. The third kappa shape index (κ3) is 2.78. The topological polar surface area (TPSA) is 66.1 Å². The van der Waals surface area contributed by atoms with Gasteiger partial charge in [0.2, 0.25) is 0 Å². The first-order valence-electron chi connectivity index (χ1n) is 9.44. The van der Waals surface area contributed by atoms with Crippen molar-refractivity contribution >= 4 is 16.7 Å². The van der Waals surface area contributed by atoms with Gasteiger partial charge in [0.15, 0.2) is 0 Å². The largest absolute Gasteiger partial charge is 0.465 e. The van der Waals surface area contributed by atoms with Crippen LogP contribution in [-0.2, 0) is 4.74 Å². The van der Waals surface area contributed by atoms with Crippen LogP contribution in [0.5, 0.6) is 0 Å². The molecule has 5 rings (SSSR count). The quantitative estimate of drug-likeness (QED) is 0.432. The summed E-state index contributed by atoms with van der Waals surface area (Å²) in [4.78, 5) is 25.7. The van der Waals surface area contributed by atoms with Crippen molar-refractivity contribution in [2.45, 2.75) is 0 Å². The molecular formula is C24H17N3O3. The van der Waals surface area contributed by atoms with Crippen LogP contribution in [-0.4, -0.2) is 27.4 Å². The molecule has 2 aliphatic rings. The van der Waals surface area contributed by atoms with E-state index in [4.69, 9.17) is 4.74 Å². The monoisotopic (exact) mass is 395 g/mol. The molecule has 0 N–H and O–H groups in total. The van der Waals surface area contributed by atoms with Crippen molar-refractivity contribution in [2.24, 2.45) is 0 Å². The van der Waals surface area contributed by atoms with E-state index in [-0.39, 0.29) is 11.1 Å². The molecule has 0 aromatic heterocycles. The van der Waals surface area contributed by atoms with Crippen molar-refractivity contribution in [2.75, 3.05) is 7.11 Å². The summed E-state index contributed by atoms with van der Waals surface area (Å²) in [5.74, 6) is -0.549. The van der Waals surface area contributed by atoms with Crippen molar-refractivity contribution < 1.29 is 9.53 Å². The smallest absolute Gasteiger partial charge is 0.341 e. The van der Waals surface area contributed by atoms with Crippen molar-refractivity contribution in [1.29, 1.82) is 0 Å².